The molecule has 3 rings (SSSR count). The molecule has 23 heavy (non-hydrogen) atoms. The highest BCUT2D eigenvalue weighted by molar-refractivity contribution is 5.76. The third-order valence-electron chi connectivity index (χ3n) is 3.85. The van der Waals surface area contributed by atoms with Crippen molar-refractivity contribution in [2.75, 3.05) is 26.2 Å². The van der Waals surface area contributed by atoms with Crippen molar-refractivity contribution in [1.82, 2.24) is 20.1 Å². The number of carbonyl (C=O) groups excluding carboxylic acids is 1. The van der Waals surface area contributed by atoms with Gasteiger partial charge in [0, 0.05) is 31.8 Å². The van der Waals surface area contributed by atoms with Crippen LogP contribution in [-0.2, 0) is 22.6 Å². The molecule has 3 heterocycles. The van der Waals surface area contributed by atoms with E-state index in [1.54, 1.807) is 12.4 Å². The highest BCUT2D eigenvalue weighted by Gasteiger charge is 2.34. The minimum atomic E-state index is -0.336. The molecular formula is C15H20N4O4. The van der Waals surface area contributed by atoms with Crippen LogP contribution >= 0.6 is 0 Å². The van der Waals surface area contributed by atoms with Crippen molar-refractivity contribution >= 4 is 5.97 Å². The number of aromatic nitrogens is 2. The Bertz CT molecular complexity index is 599. The highest BCUT2D eigenvalue weighted by Crippen LogP contribution is 2.17. The summed E-state index contributed by atoms with van der Waals surface area (Å²) in [6, 6.07) is 3.31. The van der Waals surface area contributed by atoms with Gasteiger partial charge in [0.2, 0.25) is 0 Å². The molecule has 1 aliphatic rings. The van der Waals surface area contributed by atoms with Gasteiger partial charge in [-0.25, -0.2) is 0 Å². The lowest BCUT2D eigenvalue weighted by Gasteiger charge is -2.39. The Hall–Kier alpha value is -2.19. The predicted molar refractivity (Wildman–Crippen MR) is 79.1 cm³/mol. The zero-order valence-corrected chi connectivity index (χ0v) is 13.1. The third kappa shape index (κ3) is 3.96. The van der Waals surface area contributed by atoms with Gasteiger partial charge in [-0.05, 0) is 6.92 Å². The van der Waals surface area contributed by atoms with Crippen LogP contribution in [0.1, 0.15) is 18.4 Å². The van der Waals surface area contributed by atoms with E-state index in [1.807, 2.05) is 19.1 Å². The lowest BCUT2D eigenvalue weighted by molar-refractivity contribution is -0.152. The number of hydrogen-bond acceptors (Lipinski definition) is 8. The minimum absolute atomic E-state index is 0.214. The van der Waals surface area contributed by atoms with Gasteiger partial charge in [0.05, 0.1) is 32.1 Å². The first-order chi connectivity index (χ1) is 11.3. The number of carbonyl (C=O) groups is 1. The quantitative estimate of drug-likeness (QED) is 0.726. The molecule has 2 aromatic rings. The van der Waals surface area contributed by atoms with Crippen LogP contribution in [0.25, 0.3) is 0 Å². The Labute approximate surface area is 133 Å². The topological polar surface area (TPSA) is 84.8 Å². The van der Waals surface area contributed by atoms with Crippen LogP contribution in [0.4, 0.5) is 0 Å². The molecule has 1 atom stereocenters. The van der Waals surface area contributed by atoms with Crippen LogP contribution in [0.5, 0.6) is 0 Å². The van der Waals surface area contributed by atoms with Gasteiger partial charge in [-0.1, -0.05) is 10.3 Å². The summed E-state index contributed by atoms with van der Waals surface area (Å²) in [5, 5.41) is 7.42. The Morgan fingerprint density at radius 2 is 1.91 bits per heavy atom. The van der Waals surface area contributed by atoms with Crippen LogP contribution in [-0.4, -0.2) is 58.4 Å². The molecule has 1 fully saturated rings. The summed E-state index contributed by atoms with van der Waals surface area (Å²) in [5.41, 5.74) is 0. The molecule has 0 bridgehead atoms. The first-order valence-electron chi connectivity index (χ1n) is 7.68. The van der Waals surface area contributed by atoms with E-state index in [4.69, 9.17) is 13.8 Å². The molecule has 124 valence electrons. The molecule has 8 nitrogen and oxygen atoms in total. The van der Waals surface area contributed by atoms with Gasteiger partial charge < -0.3 is 13.8 Å². The van der Waals surface area contributed by atoms with Crippen molar-refractivity contribution in [2.45, 2.75) is 26.1 Å². The molecule has 0 radical (unpaired) electrons. The molecular weight excluding hydrogens is 300 g/mol. The van der Waals surface area contributed by atoms with E-state index in [0.29, 0.717) is 26.2 Å². The van der Waals surface area contributed by atoms with Crippen molar-refractivity contribution in [3.63, 3.8) is 0 Å². The van der Waals surface area contributed by atoms with Crippen molar-refractivity contribution in [2.24, 2.45) is 0 Å². The molecule has 0 aromatic carbocycles. The summed E-state index contributed by atoms with van der Waals surface area (Å²) in [6.45, 7) is 5.49. The molecule has 0 amide bonds. The van der Waals surface area contributed by atoms with Crippen molar-refractivity contribution in [3.05, 3.63) is 36.0 Å². The van der Waals surface area contributed by atoms with Gasteiger partial charge in [0.15, 0.2) is 11.5 Å². The van der Waals surface area contributed by atoms with Gasteiger partial charge in [0.25, 0.3) is 0 Å². The fourth-order valence-corrected chi connectivity index (χ4v) is 2.74. The van der Waals surface area contributed by atoms with Gasteiger partial charge in [-0.2, -0.15) is 0 Å². The summed E-state index contributed by atoms with van der Waals surface area (Å²) >= 11 is 0. The fraction of sp³-hybridized carbons (Fsp3) is 0.533. The smallest absolute Gasteiger partial charge is 0.324 e. The second kappa shape index (κ2) is 7.38. The number of piperazine rings is 1. The van der Waals surface area contributed by atoms with E-state index in [1.165, 1.54) is 0 Å². The van der Waals surface area contributed by atoms with E-state index in [0.717, 1.165) is 24.6 Å². The number of rotatable bonds is 6. The number of esters is 1. The third-order valence-corrected chi connectivity index (χ3v) is 3.85. The van der Waals surface area contributed by atoms with Gasteiger partial charge in [-0.15, -0.1) is 0 Å². The first-order valence-corrected chi connectivity index (χ1v) is 7.68. The number of hydrogen-bond donors (Lipinski definition) is 0. The van der Waals surface area contributed by atoms with Crippen LogP contribution in [0.15, 0.2) is 33.6 Å². The summed E-state index contributed by atoms with van der Waals surface area (Å²) < 4.78 is 15.5. The Morgan fingerprint density at radius 3 is 2.52 bits per heavy atom. The Kier molecular flexibility index (Phi) is 5.04. The van der Waals surface area contributed by atoms with E-state index >= 15 is 0 Å². The number of nitrogens with zero attached hydrogens (tertiary/aromatic N) is 4. The van der Waals surface area contributed by atoms with Crippen molar-refractivity contribution in [1.29, 1.82) is 0 Å². The summed E-state index contributed by atoms with van der Waals surface area (Å²) in [5.74, 6) is 1.31. The molecule has 0 N–H and O–H groups in total. The maximum atomic E-state index is 12.3. The molecule has 0 unspecified atom stereocenters. The number of ether oxygens (including phenoxy) is 1. The Morgan fingerprint density at radius 1 is 1.22 bits per heavy atom. The molecule has 2 aromatic heterocycles. The molecule has 1 aliphatic heterocycles. The standard InChI is InChI=1S/C15H20N4O4/c1-2-21-15(20)14-11-18(9-12-3-5-16-22-12)7-8-19(14)10-13-4-6-17-23-13/h3-6,14H,2,7-11H2,1H3/t14-/m0/s1. The molecule has 0 aliphatic carbocycles. The maximum Gasteiger partial charge on any atom is 0.324 e. The van der Waals surface area contributed by atoms with E-state index < -0.39 is 0 Å². The van der Waals surface area contributed by atoms with E-state index in [-0.39, 0.29) is 12.0 Å². The maximum absolute atomic E-state index is 12.3. The largest absolute Gasteiger partial charge is 0.465 e. The van der Waals surface area contributed by atoms with E-state index in [2.05, 4.69) is 20.1 Å². The summed E-state index contributed by atoms with van der Waals surface area (Å²) in [6.07, 6.45) is 3.23. The monoisotopic (exact) mass is 320 g/mol. The average Bonchev–Trinajstić information content (AvgIpc) is 3.23. The molecule has 8 heteroatoms. The molecule has 1 saturated heterocycles. The first kappa shape index (κ1) is 15.7. The van der Waals surface area contributed by atoms with Crippen LogP contribution in [0.3, 0.4) is 0 Å². The lowest BCUT2D eigenvalue weighted by Crippen LogP contribution is -2.56. The van der Waals surface area contributed by atoms with E-state index in [9.17, 15) is 4.79 Å². The second-order valence-electron chi connectivity index (χ2n) is 5.43. The molecule has 0 spiro atoms. The molecule has 0 saturated carbocycles. The minimum Gasteiger partial charge on any atom is -0.465 e. The van der Waals surface area contributed by atoms with Crippen molar-refractivity contribution in [3.8, 4) is 0 Å². The van der Waals surface area contributed by atoms with Crippen molar-refractivity contribution < 1.29 is 18.6 Å². The highest BCUT2D eigenvalue weighted by atomic mass is 16.5. The van der Waals surface area contributed by atoms with Crippen LogP contribution in [0.2, 0.25) is 0 Å². The summed E-state index contributed by atoms with van der Waals surface area (Å²) in [4.78, 5) is 16.5. The average molecular weight is 320 g/mol. The Balaban J connectivity index is 1.67. The SMILES string of the molecule is CCOC(=O)[C@@H]1CN(Cc2ccno2)CCN1Cc1ccno1. The van der Waals surface area contributed by atoms with Gasteiger partial charge >= 0.3 is 5.97 Å². The van der Waals surface area contributed by atoms with Gasteiger partial charge in [-0.3, -0.25) is 14.6 Å². The zero-order valence-electron chi connectivity index (χ0n) is 13.1. The lowest BCUT2D eigenvalue weighted by atomic mass is 10.1. The predicted octanol–water partition coefficient (Wildman–Crippen LogP) is 0.912. The van der Waals surface area contributed by atoms with Crippen LogP contribution < -0.4 is 0 Å². The summed E-state index contributed by atoms with van der Waals surface area (Å²) in [7, 11) is 0. The fourth-order valence-electron chi connectivity index (χ4n) is 2.74. The van der Waals surface area contributed by atoms with Gasteiger partial charge in [0.1, 0.15) is 6.04 Å². The van der Waals surface area contributed by atoms with Crippen LogP contribution in [0, 0.1) is 0 Å². The zero-order chi connectivity index (χ0) is 16.1. The second-order valence-corrected chi connectivity index (χ2v) is 5.43. The normalized spacial score (nSPS) is 19.8.